The Morgan fingerprint density at radius 1 is 1.40 bits per heavy atom. The second kappa shape index (κ2) is 4.44. The zero-order valence-corrected chi connectivity index (χ0v) is 9.59. The first-order valence-corrected chi connectivity index (χ1v) is 5.16. The molecule has 0 aliphatic carbocycles. The van der Waals surface area contributed by atoms with Gasteiger partial charge >= 0.3 is 0 Å². The molecular formula is C8H13BrO6. The van der Waals surface area contributed by atoms with E-state index in [1.807, 2.05) is 0 Å². The molecule has 5 atom stereocenters. The normalized spacial score (nSPS) is 46.5. The van der Waals surface area contributed by atoms with E-state index in [-0.39, 0.29) is 0 Å². The van der Waals surface area contributed by atoms with Crippen molar-refractivity contribution >= 4 is 21.7 Å². The summed E-state index contributed by atoms with van der Waals surface area (Å²) in [6, 6.07) is 0. The number of ketones is 1. The number of Topliss-reactive ketones (excluding diaryl/α,β-unsaturated/α-hetero) is 1. The number of carbonyl (C=O) groups is 1. The van der Waals surface area contributed by atoms with Crippen molar-refractivity contribution in [2.45, 2.75) is 35.8 Å². The molecule has 15 heavy (non-hydrogen) atoms. The average molecular weight is 285 g/mol. The quantitative estimate of drug-likeness (QED) is 0.443. The zero-order valence-electron chi connectivity index (χ0n) is 8.00. The van der Waals surface area contributed by atoms with Gasteiger partial charge in [-0.15, -0.1) is 0 Å². The topological polar surface area (TPSA) is 107 Å². The maximum absolute atomic E-state index is 11.2. The minimum absolute atomic E-state index is 0.556. The van der Waals surface area contributed by atoms with Gasteiger partial charge in [-0.2, -0.15) is 0 Å². The smallest absolute Gasteiger partial charge is 0.209 e. The van der Waals surface area contributed by atoms with Crippen LogP contribution in [-0.4, -0.2) is 61.7 Å². The van der Waals surface area contributed by atoms with Crippen LogP contribution >= 0.6 is 15.9 Å². The van der Waals surface area contributed by atoms with E-state index in [1.165, 1.54) is 0 Å². The van der Waals surface area contributed by atoms with E-state index in [0.717, 1.165) is 6.92 Å². The summed E-state index contributed by atoms with van der Waals surface area (Å²) in [5.41, 5.74) is 0. The number of ether oxygens (including phenoxy) is 1. The van der Waals surface area contributed by atoms with Gasteiger partial charge in [-0.3, -0.25) is 4.79 Å². The standard InChI is InChI=1S/C8H13BrO6/c1-3(11)8(9)7(14)6(13)5(12)4(2-10)15-8/h4-7,10,12-14H,2H2,1H3/t4-,5+,6+,7-,8?/m1/s1. The average Bonchev–Trinajstić information content (AvgIpc) is 2.20. The van der Waals surface area contributed by atoms with Crippen molar-refractivity contribution in [1.82, 2.24) is 0 Å². The van der Waals surface area contributed by atoms with Crippen molar-refractivity contribution in [1.29, 1.82) is 0 Å². The molecule has 88 valence electrons. The molecule has 6 nitrogen and oxygen atoms in total. The Morgan fingerprint density at radius 2 is 1.93 bits per heavy atom. The van der Waals surface area contributed by atoms with Crippen LogP contribution in [0.25, 0.3) is 0 Å². The highest BCUT2D eigenvalue weighted by molar-refractivity contribution is 9.10. The Balaban J connectivity index is 2.97. The molecule has 0 aromatic heterocycles. The molecule has 1 fully saturated rings. The molecule has 1 rings (SSSR count). The highest BCUT2D eigenvalue weighted by Gasteiger charge is 2.54. The third kappa shape index (κ3) is 2.08. The Bertz CT molecular complexity index is 258. The van der Waals surface area contributed by atoms with Gasteiger partial charge in [0.1, 0.15) is 24.4 Å². The molecule has 1 saturated heterocycles. The van der Waals surface area contributed by atoms with Gasteiger partial charge < -0.3 is 25.2 Å². The molecule has 0 bridgehead atoms. The van der Waals surface area contributed by atoms with Crippen molar-refractivity contribution in [2.24, 2.45) is 0 Å². The third-order valence-corrected chi connectivity index (χ3v) is 3.63. The number of aliphatic hydroxyl groups is 4. The Labute approximate surface area is 94.6 Å². The lowest BCUT2D eigenvalue weighted by molar-refractivity contribution is -0.234. The Morgan fingerprint density at radius 3 is 2.33 bits per heavy atom. The van der Waals surface area contributed by atoms with E-state index < -0.39 is 41.3 Å². The van der Waals surface area contributed by atoms with Crippen LogP contribution in [0.4, 0.5) is 0 Å². The van der Waals surface area contributed by atoms with Crippen molar-refractivity contribution in [3.05, 3.63) is 0 Å². The van der Waals surface area contributed by atoms with E-state index >= 15 is 0 Å². The number of rotatable bonds is 2. The summed E-state index contributed by atoms with van der Waals surface area (Å²) in [5, 5.41) is 37.3. The molecule has 0 saturated carbocycles. The summed E-state index contributed by atoms with van der Waals surface area (Å²) < 4.78 is 3.26. The predicted octanol–water partition coefficient (Wildman–Crippen LogP) is -1.86. The summed E-state index contributed by atoms with van der Waals surface area (Å²) >= 11 is 2.87. The number of hydrogen-bond donors (Lipinski definition) is 4. The lowest BCUT2D eigenvalue weighted by Crippen LogP contribution is -2.64. The van der Waals surface area contributed by atoms with E-state index in [4.69, 9.17) is 9.84 Å². The minimum atomic E-state index is -1.78. The van der Waals surface area contributed by atoms with Gasteiger partial charge in [0.25, 0.3) is 0 Å². The molecule has 1 heterocycles. The van der Waals surface area contributed by atoms with Crippen LogP contribution < -0.4 is 0 Å². The minimum Gasteiger partial charge on any atom is -0.394 e. The number of aliphatic hydroxyl groups excluding tert-OH is 4. The van der Waals surface area contributed by atoms with Crippen molar-refractivity contribution in [2.75, 3.05) is 6.61 Å². The molecule has 0 amide bonds. The monoisotopic (exact) mass is 284 g/mol. The highest BCUT2D eigenvalue weighted by atomic mass is 79.9. The molecule has 0 aromatic carbocycles. The number of halogens is 1. The molecule has 4 N–H and O–H groups in total. The van der Waals surface area contributed by atoms with Gasteiger partial charge in [-0.05, 0) is 22.9 Å². The van der Waals surface area contributed by atoms with Crippen LogP contribution in [0.2, 0.25) is 0 Å². The predicted molar refractivity (Wildman–Crippen MR) is 52.3 cm³/mol. The lowest BCUT2D eigenvalue weighted by atomic mass is 9.93. The van der Waals surface area contributed by atoms with Crippen LogP contribution in [0.5, 0.6) is 0 Å². The SMILES string of the molecule is CC(=O)C1(Br)O[C@H](CO)[C@H](O)[C@H](O)[C@H]1O. The van der Waals surface area contributed by atoms with Crippen LogP contribution in [0.15, 0.2) is 0 Å². The van der Waals surface area contributed by atoms with Gasteiger partial charge in [0.2, 0.25) is 4.51 Å². The van der Waals surface area contributed by atoms with Crippen LogP contribution in [-0.2, 0) is 9.53 Å². The van der Waals surface area contributed by atoms with E-state index in [1.54, 1.807) is 0 Å². The Kier molecular flexibility index (Phi) is 3.85. The molecule has 0 spiro atoms. The first kappa shape index (κ1) is 13.0. The summed E-state index contributed by atoms with van der Waals surface area (Å²) in [7, 11) is 0. The van der Waals surface area contributed by atoms with Crippen molar-refractivity contribution < 1.29 is 30.0 Å². The highest BCUT2D eigenvalue weighted by Crippen LogP contribution is 2.35. The van der Waals surface area contributed by atoms with Crippen LogP contribution in [0, 0.1) is 0 Å². The maximum Gasteiger partial charge on any atom is 0.209 e. The van der Waals surface area contributed by atoms with E-state index in [2.05, 4.69) is 15.9 Å². The first-order valence-electron chi connectivity index (χ1n) is 4.37. The fourth-order valence-corrected chi connectivity index (χ4v) is 1.93. The lowest BCUT2D eigenvalue weighted by Gasteiger charge is -2.43. The number of hydrogen-bond acceptors (Lipinski definition) is 6. The molecular weight excluding hydrogens is 272 g/mol. The summed E-state index contributed by atoms with van der Waals surface area (Å²) in [6.07, 6.45) is -5.70. The molecule has 1 aliphatic heterocycles. The van der Waals surface area contributed by atoms with Gasteiger partial charge in [0.05, 0.1) is 6.61 Å². The van der Waals surface area contributed by atoms with E-state index in [0.29, 0.717) is 0 Å². The third-order valence-electron chi connectivity index (χ3n) is 2.42. The van der Waals surface area contributed by atoms with Crippen LogP contribution in [0.3, 0.4) is 0 Å². The van der Waals surface area contributed by atoms with Gasteiger partial charge in [-0.25, -0.2) is 0 Å². The van der Waals surface area contributed by atoms with Gasteiger partial charge in [0.15, 0.2) is 5.78 Å². The summed E-state index contributed by atoms with van der Waals surface area (Å²) in [5.74, 6) is -0.556. The van der Waals surface area contributed by atoms with Gasteiger partial charge in [-0.1, -0.05) is 0 Å². The van der Waals surface area contributed by atoms with Crippen molar-refractivity contribution in [3.8, 4) is 0 Å². The zero-order chi connectivity index (χ0) is 11.8. The second-order valence-corrected chi connectivity index (χ2v) is 4.64. The van der Waals surface area contributed by atoms with Gasteiger partial charge in [0, 0.05) is 0 Å². The summed E-state index contributed by atoms with van der Waals surface area (Å²) in [4.78, 5) is 11.2. The summed E-state index contributed by atoms with van der Waals surface area (Å²) in [6.45, 7) is 0.600. The maximum atomic E-state index is 11.2. The molecule has 1 aliphatic rings. The molecule has 0 radical (unpaired) electrons. The number of alkyl halides is 1. The first-order chi connectivity index (χ1) is 6.84. The second-order valence-electron chi connectivity index (χ2n) is 3.47. The molecule has 7 heteroatoms. The molecule has 0 aromatic rings. The number of carbonyl (C=O) groups excluding carboxylic acids is 1. The molecule has 1 unspecified atom stereocenters. The fourth-order valence-electron chi connectivity index (χ4n) is 1.42. The van der Waals surface area contributed by atoms with Crippen LogP contribution in [0.1, 0.15) is 6.92 Å². The van der Waals surface area contributed by atoms with E-state index in [9.17, 15) is 20.1 Å². The largest absolute Gasteiger partial charge is 0.394 e. The van der Waals surface area contributed by atoms with Crippen molar-refractivity contribution in [3.63, 3.8) is 0 Å². The Hall–Kier alpha value is -0.0500. The fraction of sp³-hybridized carbons (Fsp3) is 0.875.